The van der Waals surface area contributed by atoms with Crippen molar-refractivity contribution in [3.05, 3.63) is 51.4 Å². The zero-order valence-corrected chi connectivity index (χ0v) is 13.0. The Labute approximate surface area is 130 Å². The molecule has 3 aromatic rings. The second kappa shape index (κ2) is 5.76. The molecule has 1 aromatic carbocycles. The first kappa shape index (κ1) is 14.5. The monoisotopic (exact) mass is 317 g/mol. The molecule has 1 amide bonds. The van der Waals surface area contributed by atoms with Gasteiger partial charge in [0.25, 0.3) is 0 Å². The average molecular weight is 317 g/mol. The molecule has 0 spiro atoms. The first-order valence-electron chi connectivity index (χ1n) is 6.81. The van der Waals surface area contributed by atoms with Crippen LogP contribution in [0.2, 0.25) is 0 Å². The van der Waals surface area contributed by atoms with Crippen LogP contribution < -0.4 is 5.76 Å². The van der Waals surface area contributed by atoms with Gasteiger partial charge in [0, 0.05) is 18.6 Å². The highest BCUT2D eigenvalue weighted by Gasteiger charge is 2.21. The van der Waals surface area contributed by atoms with Crippen LogP contribution in [0, 0.1) is 0 Å². The number of carbonyl (C=O) groups is 1. The van der Waals surface area contributed by atoms with Crippen LogP contribution in [0.3, 0.4) is 0 Å². The summed E-state index contributed by atoms with van der Waals surface area (Å²) in [7, 11) is 1.71. The minimum atomic E-state index is -0.523. The van der Waals surface area contributed by atoms with Crippen molar-refractivity contribution in [2.75, 3.05) is 7.05 Å². The number of rotatable bonds is 4. The summed E-state index contributed by atoms with van der Waals surface area (Å²) in [6.45, 7) is 1.86. The Hall–Kier alpha value is -2.41. The Morgan fingerprint density at radius 3 is 2.95 bits per heavy atom. The van der Waals surface area contributed by atoms with Gasteiger partial charge in [-0.25, -0.2) is 9.78 Å². The van der Waals surface area contributed by atoms with Gasteiger partial charge in [0.1, 0.15) is 11.6 Å². The van der Waals surface area contributed by atoms with Crippen molar-refractivity contribution in [1.29, 1.82) is 0 Å². The number of likely N-dealkylation sites (N-methyl/N-ethyl adjacent to an activating group) is 1. The minimum Gasteiger partial charge on any atom is -0.408 e. The summed E-state index contributed by atoms with van der Waals surface area (Å²) in [6.07, 6.45) is 1.71. The third-order valence-electron chi connectivity index (χ3n) is 3.65. The van der Waals surface area contributed by atoms with E-state index in [4.69, 9.17) is 4.42 Å². The molecule has 2 heterocycles. The number of aromatic nitrogens is 2. The molecular formula is C15H15N3O3S. The molecule has 0 radical (unpaired) electrons. The zero-order valence-electron chi connectivity index (χ0n) is 12.2. The van der Waals surface area contributed by atoms with Crippen LogP contribution in [0.25, 0.3) is 11.1 Å². The molecule has 0 aliphatic carbocycles. The number of nitrogens with zero attached hydrogens (tertiary/aromatic N) is 3. The fourth-order valence-electron chi connectivity index (χ4n) is 2.23. The highest BCUT2D eigenvalue weighted by Crippen LogP contribution is 2.21. The van der Waals surface area contributed by atoms with Crippen LogP contribution in [0.4, 0.5) is 0 Å². The molecule has 0 aliphatic heterocycles. The van der Waals surface area contributed by atoms with Crippen molar-refractivity contribution in [1.82, 2.24) is 14.5 Å². The minimum absolute atomic E-state index is 0.0535. The van der Waals surface area contributed by atoms with E-state index in [0.717, 1.165) is 5.01 Å². The molecule has 0 bridgehead atoms. The second-order valence-electron chi connectivity index (χ2n) is 4.97. The Bertz CT molecular complexity index is 850. The zero-order chi connectivity index (χ0) is 15.7. The summed E-state index contributed by atoms with van der Waals surface area (Å²) in [4.78, 5) is 30.2. The van der Waals surface area contributed by atoms with Gasteiger partial charge < -0.3 is 9.32 Å². The number of hydrogen-bond donors (Lipinski definition) is 0. The van der Waals surface area contributed by atoms with E-state index in [2.05, 4.69) is 4.98 Å². The molecule has 2 aromatic heterocycles. The van der Waals surface area contributed by atoms with Crippen LogP contribution >= 0.6 is 11.3 Å². The van der Waals surface area contributed by atoms with Crippen molar-refractivity contribution >= 4 is 28.3 Å². The maximum absolute atomic E-state index is 12.4. The lowest BCUT2D eigenvalue weighted by molar-refractivity contribution is -0.132. The Morgan fingerprint density at radius 1 is 1.45 bits per heavy atom. The van der Waals surface area contributed by atoms with E-state index in [1.165, 1.54) is 15.9 Å². The van der Waals surface area contributed by atoms with Crippen molar-refractivity contribution in [2.24, 2.45) is 0 Å². The molecule has 0 saturated carbocycles. The number of carbonyl (C=O) groups excluding carboxylic acids is 1. The number of para-hydroxylation sites is 2. The first-order chi connectivity index (χ1) is 10.6. The van der Waals surface area contributed by atoms with Crippen molar-refractivity contribution in [2.45, 2.75) is 19.5 Å². The predicted octanol–water partition coefficient (Wildman–Crippen LogP) is 2.27. The standard InChI is InChI=1S/C15H15N3O3S/c1-10(14-16-7-8-22-14)17(2)13(19)9-18-11-5-3-4-6-12(11)21-15(18)20/h3-8,10H,9H2,1-2H3/t10-/m1/s1. The summed E-state index contributed by atoms with van der Waals surface area (Å²) in [5.41, 5.74) is 1.10. The quantitative estimate of drug-likeness (QED) is 0.740. The maximum atomic E-state index is 12.4. The van der Waals surface area contributed by atoms with E-state index in [1.54, 1.807) is 42.4 Å². The average Bonchev–Trinajstić information content (AvgIpc) is 3.15. The van der Waals surface area contributed by atoms with E-state index < -0.39 is 5.76 Å². The largest absolute Gasteiger partial charge is 0.420 e. The van der Waals surface area contributed by atoms with Crippen LogP contribution in [-0.2, 0) is 11.3 Å². The fourth-order valence-corrected chi connectivity index (χ4v) is 2.97. The summed E-state index contributed by atoms with van der Waals surface area (Å²) < 4.78 is 6.49. The van der Waals surface area contributed by atoms with Crippen LogP contribution in [0.15, 0.2) is 45.1 Å². The van der Waals surface area contributed by atoms with Gasteiger partial charge in [-0.1, -0.05) is 12.1 Å². The molecule has 6 nitrogen and oxygen atoms in total. The molecule has 1 atom stereocenters. The molecule has 3 rings (SSSR count). The molecule has 0 fully saturated rings. The van der Waals surface area contributed by atoms with Gasteiger partial charge in [-0.3, -0.25) is 9.36 Å². The summed E-state index contributed by atoms with van der Waals surface area (Å²) >= 11 is 1.50. The third-order valence-corrected chi connectivity index (χ3v) is 4.60. The summed E-state index contributed by atoms with van der Waals surface area (Å²) in [6, 6.07) is 6.92. The second-order valence-corrected chi connectivity index (χ2v) is 5.90. The van der Waals surface area contributed by atoms with Gasteiger partial charge in [0.15, 0.2) is 5.58 Å². The topological polar surface area (TPSA) is 68.3 Å². The van der Waals surface area contributed by atoms with Crippen molar-refractivity contribution < 1.29 is 9.21 Å². The number of thiazole rings is 1. The van der Waals surface area contributed by atoms with Gasteiger partial charge in [0.05, 0.1) is 11.6 Å². The summed E-state index contributed by atoms with van der Waals surface area (Å²) in [5.74, 6) is -0.693. The lowest BCUT2D eigenvalue weighted by Crippen LogP contribution is -2.34. The maximum Gasteiger partial charge on any atom is 0.420 e. The SMILES string of the molecule is C[C@H](c1nccs1)N(C)C(=O)Cn1c(=O)oc2ccccc21. The van der Waals surface area contributed by atoms with Crippen LogP contribution in [-0.4, -0.2) is 27.4 Å². The van der Waals surface area contributed by atoms with E-state index in [-0.39, 0.29) is 18.5 Å². The number of amides is 1. The van der Waals surface area contributed by atoms with Gasteiger partial charge in [-0.2, -0.15) is 0 Å². The highest BCUT2D eigenvalue weighted by molar-refractivity contribution is 7.09. The third kappa shape index (κ3) is 2.55. The van der Waals surface area contributed by atoms with Gasteiger partial charge in [-0.05, 0) is 19.1 Å². The summed E-state index contributed by atoms with van der Waals surface area (Å²) in [5, 5.41) is 2.73. The highest BCUT2D eigenvalue weighted by atomic mass is 32.1. The Balaban J connectivity index is 1.84. The number of fused-ring (bicyclic) bond motifs is 1. The van der Waals surface area contributed by atoms with E-state index in [1.807, 2.05) is 12.3 Å². The van der Waals surface area contributed by atoms with E-state index in [0.29, 0.717) is 11.1 Å². The van der Waals surface area contributed by atoms with Crippen LogP contribution in [0.5, 0.6) is 0 Å². The Kier molecular flexibility index (Phi) is 3.81. The van der Waals surface area contributed by atoms with Crippen molar-refractivity contribution in [3.8, 4) is 0 Å². The lowest BCUT2D eigenvalue weighted by atomic mass is 10.3. The number of oxazole rings is 1. The Morgan fingerprint density at radius 2 is 2.23 bits per heavy atom. The molecule has 0 unspecified atom stereocenters. The molecule has 0 N–H and O–H groups in total. The normalized spacial score (nSPS) is 12.5. The molecule has 0 saturated heterocycles. The molecule has 22 heavy (non-hydrogen) atoms. The van der Waals surface area contributed by atoms with Gasteiger partial charge >= 0.3 is 5.76 Å². The van der Waals surface area contributed by atoms with Gasteiger partial charge in [0.2, 0.25) is 5.91 Å². The van der Waals surface area contributed by atoms with Crippen LogP contribution in [0.1, 0.15) is 18.0 Å². The van der Waals surface area contributed by atoms with Gasteiger partial charge in [-0.15, -0.1) is 11.3 Å². The predicted molar refractivity (Wildman–Crippen MR) is 83.8 cm³/mol. The first-order valence-corrected chi connectivity index (χ1v) is 7.69. The molecule has 0 aliphatic rings. The molecule has 7 heteroatoms. The lowest BCUT2D eigenvalue weighted by Gasteiger charge is -2.23. The number of benzene rings is 1. The fraction of sp³-hybridized carbons (Fsp3) is 0.267. The molecular weight excluding hydrogens is 302 g/mol. The van der Waals surface area contributed by atoms with E-state index in [9.17, 15) is 9.59 Å². The number of hydrogen-bond acceptors (Lipinski definition) is 5. The molecule has 114 valence electrons. The van der Waals surface area contributed by atoms with E-state index >= 15 is 0 Å². The van der Waals surface area contributed by atoms with Crippen molar-refractivity contribution in [3.63, 3.8) is 0 Å². The smallest absolute Gasteiger partial charge is 0.408 e.